The molecule has 0 saturated carbocycles. The summed E-state index contributed by atoms with van der Waals surface area (Å²) in [6, 6.07) is -0.923. The maximum Gasteiger partial charge on any atom is 0.220 e. The highest BCUT2D eigenvalue weighted by Gasteiger charge is 2.50. The van der Waals surface area contributed by atoms with E-state index in [1.165, 1.54) is 89.9 Å². The number of carbonyl (C=O) groups is 1. The second-order valence-corrected chi connectivity index (χ2v) is 16.9. The average molecular weight is 860 g/mol. The van der Waals surface area contributed by atoms with Crippen LogP contribution in [0.5, 0.6) is 0 Å². The Morgan fingerprint density at radius 3 is 1.63 bits per heavy atom. The van der Waals surface area contributed by atoms with Crippen LogP contribution in [0.25, 0.3) is 0 Å². The van der Waals surface area contributed by atoms with Crippen molar-refractivity contribution in [2.75, 3.05) is 19.8 Å². The molecule has 2 fully saturated rings. The molecular weight excluding hydrogens is 774 g/mol. The van der Waals surface area contributed by atoms with Crippen molar-refractivity contribution in [3.63, 3.8) is 0 Å². The van der Waals surface area contributed by atoms with Crippen molar-refractivity contribution in [1.82, 2.24) is 5.32 Å². The van der Waals surface area contributed by atoms with Gasteiger partial charge in [-0.2, -0.15) is 0 Å². The van der Waals surface area contributed by atoms with Gasteiger partial charge in [-0.15, -0.1) is 0 Å². The van der Waals surface area contributed by atoms with Gasteiger partial charge >= 0.3 is 0 Å². The van der Waals surface area contributed by atoms with Crippen LogP contribution in [-0.4, -0.2) is 140 Å². The number of rotatable bonds is 35. The lowest BCUT2D eigenvalue weighted by Crippen LogP contribution is -2.65. The third kappa shape index (κ3) is 21.7. The molecule has 14 nitrogen and oxygen atoms in total. The number of carbonyl (C=O) groups excluding carboxylic acids is 1. The Kier molecular flexibility index (Phi) is 30.9. The molecule has 2 aliphatic heterocycles. The topological polar surface area (TPSA) is 228 Å². The van der Waals surface area contributed by atoms with E-state index in [9.17, 15) is 45.6 Å². The fourth-order valence-corrected chi connectivity index (χ4v) is 7.72. The molecule has 0 aromatic carbocycles. The zero-order valence-corrected chi connectivity index (χ0v) is 36.9. The van der Waals surface area contributed by atoms with Crippen molar-refractivity contribution in [3.05, 3.63) is 24.3 Å². The van der Waals surface area contributed by atoms with E-state index in [2.05, 4.69) is 31.3 Å². The molecule has 0 spiro atoms. The molecule has 0 radical (unpaired) electrons. The number of unbranched alkanes of at least 4 members (excludes halogenated alkanes) is 20. The number of aliphatic hydroxyl groups is 8. The number of amides is 1. The van der Waals surface area contributed by atoms with E-state index in [1.807, 2.05) is 6.08 Å². The van der Waals surface area contributed by atoms with Gasteiger partial charge in [0.25, 0.3) is 0 Å². The summed E-state index contributed by atoms with van der Waals surface area (Å²) in [7, 11) is 0. The number of allylic oxidation sites excluding steroid dienone is 3. The molecule has 0 aromatic heterocycles. The van der Waals surface area contributed by atoms with Crippen LogP contribution < -0.4 is 5.32 Å². The Morgan fingerprint density at radius 1 is 0.583 bits per heavy atom. The molecule has 0 aromatic rings. The van der Waals surface area contributed by atoms with E-state index < -0.39 is 86.8 Å². The normalized spacial score (nSPS) is 28.4. The summed E-state index contributed by atoms with van der Waals surface area (Å²) < 4.78 is 22.5. The van der Waals surface area contributed by atoms with Crippen molar-refractivity contribution in [2.45, 2.75) is 242 Å². The van der Waals surface area contributed by atoms with E-state index in [-0.39, 0.29) is 18.9 Å². The SMILES string of the molecule is CCCCCCCCCCCCCCCC/C=C/CC/C=C/C(O)C(COC1OC(CO)C(OC2OC(CO)C(O)C(O)C2O)C(O)C1O)NC(=O)CCCCCCCC. The Balaban J connectivity index is 1.82. The molecule has 1 amide bonds. The fourth-order valence-electron chi connectivity index (χ4n) is 7.72. The molecule has 2 saturated heterocycles. The third-order valence-electron chi connectivity index (χ3n) is 11.6. The highest BCUT2D eigenvalue weighted by atomic mass is 16.7. The first-order chi connectivity index (χ1) is 29.1. The monoisotopic (exact) mass is 860 g/mol. The molecule has 14 heteroatoms. The minimum atomic E-state index is -1.79. The van der Waals surface area contributed by atoms with Crippen LogP contribution in [-0.2, 0) is 23.7 Å². The van der Waals surface area contributed by atoms with Crippen molar-refractivity contribution in [2.24, 2.45) is 0 Å². The molecule has 2 aliphatic rings. The van der Waals surface area contributed by atoms with Gasteiger partial charge < -0.3 is 65.1 Å². The Hall–Kier alpha value is -1.53. The number of hydrogen-bond acceptors (Lipinski definition) is 13. The Morgan fingerprint density at radius 2 is 1.07 bits per heavy atom. The maximum atomic E-state index is 13.0. The summed E-state index contributed by atoms with van der Waals surface area (Å²) in [6.07, 6.45) is 18.4. The van der Waals surface area contributed by atoms with Crippen LogP contribution >= 0.6 is 0 Å². The predicted octanol–water partition coefficient (Wildman–Crippen LogP) is 4.99. The maximum absolute atomic E-state index is 13.0. The van der Waals surface area contributed by atoms with Crippen molar-refractivity contribution in [3.8, 4) is 0 Å². The molecule has 2 rings (SSSR count). The second-order valence-electron chi connectivity index (χ2n) is 16.9. The van der Waals surface area contributed by atoms with Crippen LogP contribution in [0.1, 0.15) is 168 Å². The van der Waals surface area contributed by atoms with Gasteiger partial charge in [-0.05, 0) is 32.1 Å². The first kappa shape index (κ1) is 54.6. The molecule has 0 aliphatic carbocycles. The molecular formula is C46H85NO13. The fraction of sp³-hybridized carbons (Fsp3) is 0.891. The van der Waals surface area contributed by atoms with E-state index in [1.54, 1.807) is 6.08 Å². The van der Waals surface area contributed by atoms with Gasteiger partial charge in [0, 0.05) is 6.42 Å². The van der Waals surface area contributed by atoms with Crippen LogP contribution in [0.2, 0.25) is 0 Å². The van der Waals surface area contributed by atoms with Gasteiger partial charge in [0.2, 0.25) is 5.91 Å². The first-order valence-electron chi connectivity index (χ1n) is 23.6. The van der Waals surface area contributed by atoms with Gasteiger partial charge in [0.15, 0.2) is 12.6 Å². The summed E-state index contributed by atoms with van der Waals surface area (Å²) in [5, 5.41) is 86.2. The van der Waals surface area contributed by atoms with Gasteiger partial charge in [0.05, 0.1) is 32.0 Å². The molecule has 9 N–H and O–H groups in total. The first-order valence-corrected chi connectivity index (χ1v) is 23.6. The van der Waals surface area contributed by atoms with Crippen molar-refractivity contribution in [1.29, 1.82) is 0 Å². The largest absolute Gasteiger partial charge is 0.394 e. The summed E-state index contributed by atoms with van der Waals surface area (Å²) in [5.74, 6) is -0.260. The van der Waals surface area contributed by atoms with Gasteiger partial charge in [0.1, 0.15) is 48.8 Å². The van der Waals surface area contributed by atoms with Crippen molar-refractivity contribution >= 4 is 5.91 Å². The van der Waals surface area contributed by atoms with Crippen LogP contribution in [0.4, 0.5) is 0 Å². The highest BCUT2D eigenvalue weighted by molar-refractivity contribution is 5.76. The van der Waals surface area contributed by atoms with Crippen molar-refractivity contribution < 1.29 is 64.6 Å². The van der Waals surface area contributed by atoms with Crippen LogP contribution in [0.15, 0.2) is 24.3 Å². The average Bonchev–Trinajstić information content (AvgIpc) is 3.24. The zero-order chi connectivity index (χ0) is 44.0. The van der Waals surface area contributed by atoms with Gasteiger partial charge in [-0.3, -0.25) is 4.79 Å². The lowest BCUT2D eigenvalue weighted by molar-refractivity contribution is -0.359. The third-order valence-corrected chi connectivity index (χ3v) is 11.6. The highest BCUT2D eigenvalue weighted by Crippen LogP contribution is 2.30. The van der Waals surface area contributed by atoms with Crippen LogP contribution in [0, 0.1) is 0 Å². The smallest absolute Gasteiger partial charge is 0.220 e. The summed E-state index contributed by atoms with van der Waals surface area (Å²) in [6.45, 7) is 2.68. The van der Waals surface area contributed by atoms with E-state index in [4.69, 9.17) is 18.9 Å². The standard InChI is InChI=1S/C46H85NO13/c1-3-5-7-9-11-12-13-14-15-16-17-18-19-20-21-22-23-24-25-27-29-35(50)34(47-38(51)30-28-26-10-8-6-4-2)33-57-45-43(56)41(54)44(37(32-49)59-45)60-46-42(55)40(53)39(52)36(31-48)58-46/h22-23,27,29,34-37,39-46,48-50,52-56H,3-21,24-26,28,30-33H2,1-2H3,(H,47,51)/b23-22+,29-27+. The van der Waals surface area contributed by atoms with E-state index in [0.717, 1.165) is 44.9 Å². The number of nitrogens with one attached hydrogen (secondary N) is 1. The summed E-state index contributed by atoms with van der Waals surface area (Å²) in [5.41, 5.74) is 0. The molecule has 352 valence electrons. The number of hydrogen-bond donors (Lipinski definition) is 9. The van der Waals surface area contributed by atoms with Crippen LogP contribution in [0.3, 0.4) is 0 Å². The lowest BCUT2D eigenvalue weighted by Gasteiger charge is -2.46. The molecule has 60 heavy (non-hydrogen) atoms. The Bertz CT molecular complexity index is 1110. The quantitative estimate of drug-likeness (QED) is 0.0303. The molecule has 12 atom stereocenters. The minimum Gasteiger partial charge on any atom is -0.394 e. The predicted molar refractivity (Wildman–Crippen MR) is 231 cm³/mol. The molecule has 12 unspecified atom stereocenters. The summed E-state index contributed by atoms with van der Waals surface area (Å²) in [4.78, 5) is 13.0. The summed E-state index contributed by atoms with van der Waals surface area (Å²) >= 11 is 0. The number of ether oxygens (including phenoxy) is 4. The Labute approximate surface area is 360 Å². The van der Waals surface area contributed by atoms with E-state index >= 15 is 0 Å². The van der Waals surface area contributed by atoms with Gasteiger partial charge in [-0.1, -0.05) is 154 Å². The lowest BCUT2D eigenvalue weighted by atomic mass is 9.97. The zero-order valence-electron chi connectivity index (χ0n) is 36.9. The van der Waals surface area contributed by atoms with E-state index in [0.29, 0.717) is 12.8 Å². The second kappa shape index (κ2) is 34.0. The minimum absolute atomic E-state index is 0.260. The molecule has 2 heterocycles. The van der Waals surface area contributed by atoms with Gasteiger partial charge in [-0.25, -0.2) is 0 Å². The number of aliphatic hydroxyl groups excluding tert-OH is 8. The molecule has 0 bridgehead atoms.